The van der Waals surface area contributed by atoms with Gasteiger partial charge < -0.3 is 24.1 Å². The molecule has 0 spiro atoms. The van der Waals surface area contributed by atoms with E-state index in [4.69, 9.17) is 14.2 Å². The summed E-state index contributed by atoms with van der Waals surface area (Å²) in [6, 6.07) is 12.3. The summed E-state index contributed by atoms with van der Waals surface area (Å²) in [5.74, 6) is 2.36. The molecule has 0 radical (unpaired) electrons. The molecule has 2 aromatic carbocycles. The van der Waals surface area contributed by atoms with Gasteiger partial charge in [-0.3, -0.25) is 4.79 Å². The van der Waals surface area contributed by atoms with Crippen LogP contribution in [0.5, 0.6) is 17.2 Å². The van der Waals surface area contributed by atoms with E-state index in [1.54, 1.807) is 31.5 Å². The summed E-state index contributed by atoms with van der Waals surface area (Å²) in [7, 11) is 3.50. The maximum absolute atomic E-state index is 13.0. The van der Waals surface area contributed by atoms with Crippen LogP contribution in [0, 0.1) is 0 Å². The Morgan fingerprint density at radius 3 is 2.71 bits per heavy atom. The van der Waals surface area contributed by atoms with E-state index in [2.05, 4.69) is 10.3 Å². The van der Waals surface area contributed by atoms with Crippen molar-refractivity contribution in [2.75, 3.05) is 20.3 Å². The fraction of sp³-hybridized carbons (Fsp3) is 0.238. The largest absolute Gasteiger partial charge is 0.496 e. The first-order valence-corrected chi connectivity index (χ1v) is 8.98. The number of para-hydroxylation sites is 1. The van der Waals surface area contributed by atoms with E-state index >= 15 is 0 Å². The Morgan fingerprint density at radius 1 is 1.18 bits per heavy atom. The predicted molar refractivity (Wildman–Crippen MR) is 103 cm³/mol. The van der Waals surface area contributed by atoms with Crippen molar-refractivity contribution in [2.24, 2.45) is 7.05 Å². The topological polar surface area (TPSA) is 74.6 Å². The summed E-state index contributed by atoms with van der Waals surface area (Å²) in [6.07, 6.45) is 3.54. The SMILES string of the molecule is COc1ccccc1C(NC(=O)c1ccc2c(c1)OCCO2)c1nccn1C. The van der Waals surface area contributed by atoms with Crippen LogP contribution in [0.15, 0.2) is 54.9 Å². The van der Waals surface area contributed by atoms with Crippen molar-refractivity contribution in [3.63, 3.8) is 0 Å². The van der Waals surface area contributed by atoms with Gasteiger partial charge in [-0.25, -0.2) is 4.98 Å². The molecule has 0 saturated carbocycles. The van der Waals surface area contributed by atoms with Gasteiger partial charge in [-0.05, 0) is 24.3 Å². The number of imidazole rings is 1. The molecule has 0 saturated heterocycles. The lowest BCUT2D eigenvalue weighted by Crippen LogP contribution is -2.31. The zero-order valence-corrected chi connectivity index (χ0v) is 15.7. The van der Waals surface area contributed by atoms with Gasteiger partial charge in [0.05, 0.1) is 7.11 Å². The standard InChI is InChI=1S/C21H21N3O4/c1-24-10-9-22-20(24)19(15-5-3-4-6-16(15)26-2)23-21(25)14-7-8-17-18(13-14)28-12-11-27-17/h3-10,13,19H,11-12H2,1-2H3,(H,23,25). The number of methoxy groups -OCH3 is 1. The highest BCUT2D eigenvalue weighted by Crippen LogP contribution is 2.32. The Hall–Kier alpha value is -3.48. The quantitative estimate of drug-likeness (QED) is 0.738. The fourth-order valence-electron chi connectivity index (χ4n) is 3.24. The zero-order chi connectivity index (χ0) is 19.5. The van der Waals surface area contributed by atoms with E-state index in [1.165, 1.54) is 0 Å². The monoisotopic (exact) mass is 379 g/mol. The predicted octanol–water partition coefficient (Wildman–Crippen LogP) is 2.72. The molecule has 0 fully saturated rings. The van der Waals surface area contributed by atoms with Gasteiger partial charge in [0.25, 0.3) is 5.91 Å². The number of amides is 1. The summed E-state index contributed by atoms with van der Waals surface area (Å²) in [5, 5.41) is 3.08. The lowest BCUT2D eigenvalue weighted by molar-refractivity contribution is 0.0939. The maximum atomic E-state index is 13.0. The Labute approximate surface area is 162 Å². The molecule has 1 atom stereocenters. The van der Waals surface area contributed by atoms with Crippen LogP contribution in [0.1, 0.15) is 27.8 Å². The van der Waals surface area contributed by atoms with Gasteiger partial charge in [-0.1, -0.05) is 18.2 Å². The van der Waals surface area contributed by atoms with Gasteiger partial charge in [-0.2, -0.15) is 0 Å². The van der Waals surface area contributed by atoms with Crippen LogP contribution in [0.2, 0.25) is 0 Å². The lowest BCUT2D eigenvalue weighted by Gasteiger charge is -2.22. The summed E-state index contributed by atoms with van der Waals surface area (Å²) >= 11 is 0. The van der Waals surface area contributed by atoms with Crippen molar-refractivity contribution in [3.8, 4) is 17.2 Å². The van der Waals surface area contributed by atoms with Crippen molar-refractivity contribution in [1.29, 1.82) is 0 Å². The van der Waals surface area contributed by atoms with E-state index in [-0.39, 0.29) is 5.91 Å². The minimum Gasteiger partial charge on any atom is -0.496 e. The van der Waals surface area contributed by atoms with Crippen molar-refractivity contribution in [3.05, 3.63) is 71.8 Å². The molecule has 0 bridgehead atoms. The van der Waals surface area contributed by atoms with Crippen molar-refractivity contribution >= 4 is 5.91 Å². The van der Waals surface area contributed by atoms with Crippen LogP contribution in [-0.2, 0) is 7.05 Å². The van der Waals surface area contributed by atoms with Crippen molar-refractivity contribution < 1.29 is 19.0 Å². The van der Waals surface area contributed by atoms with Crippen LogP contribution in [0.25, 0.3) is 0 Å². The summed E-state index contributed by atoms with van der Waals surface area (Å²) < 4.78 is 18.5. The van der Waals surface area contributed by atoms with Gasteiger partial charge >= 0.3 is 0 Å². The second kappa shape index (κ2) is 7.64. The third-order valence-corrected chi connectivity index (χ3v) is 4.65. The van der Waals surface area contributed by atoms with Gasteiger partial charge in [-0.15, -0.1) is 0 Å². The highest BCUT2D eigenvalue weighted by Gasteiger charge is 2.25. The number of rotatable bonds is 5. The van der Waals surface area contributed by atoms with Crippen LogP contribution < -0.4 is 19.5 Å². The molecular formula is C21H21N3O4. The second-order valence-electron chi connectivity index (χ2n) is 6.40. The van der Waals surface area contributed by atoms with E-state index in [0.29, 0.717) is 41.9 Å². The highest BCUT2D eigenvalue weighted by atomic mass is 16.6. The molecule has 1 amide bonds. The van der Waals surface area contributed by atoms with Crippen LogP contribution >= 0.6 is 0 Å². The molecule has 0 aliphatic carbocycles. The molecule has 144 valence electrons. The van der Waals surface area contributed by atoms with Crippen molar-refractivity contribution in [2.45, 2.75) is 6.04 Å². The van der Waals surface area contributed by atoms with E-state index in [9.17, 15) is 4.79 Å². The minimum atomic E-state index is -0.475. The van der Waals surface area contributed by atoms with Crippen LogP contribution in [0.4, 0.5) is 0 Å². The van der Waals surface area contributed by atoms with E-state index < -0.39 is 6.04 Å². The second-order valence-corrected chi connectivity index (χ2v) is 6.40. The van der Waals surface area contributed by atoms with Gasteiger partial charge in [0.15, 0.2) is 11.5 Å². The molecule has 1 N–H and O–H groups in total. The minimum absolute atomic E-state index is 0.240. The molecule has 1 unspecified atom stereocenters. The number of hydrogen-bond donors (Lipinski definition) is 1. The number of nitrogens with zero attached hydrogens (tertiary/aromatic N) is 2. The highest BCUT2D eigenvalue weighted by molar-refractivity contribution is 5.95. The third-order valence-electron chi connectivity index (χ3n) is 4.65. The van der Waals surface area contributed by atoms with Gasteiger partial charge in [0.1, 0.15) is 30.8 Å². The Bertz CT molecular complexity index is 999. The van der Waals surface area contributed by atoms with Gasteiger partial charge in [0.2, 0.25) is 0 Å². The van der Waals surface area contributed by atoms with Crippen molar-refractivity contribution in [1.82, 2.24) is 14.9 Å². The number of benzene rings is 2. The first kappa shape index (κ1) is 17.9. The number of fused-ring (bicyclic) bond motifs is 1. The normalized spacial score (nSPS) is 13.6. The molecule has 1 aromatic heterocycles. The average Bonchev–Trinajstić information content (AvgIpc) is 3.17. The smallest absolute Gasteiger partial charge is 0.252 e. The molecule has 28 heavy (non-hydrogen) atoms. The van der Waals surface area contributed by atoms with Gasteiger partial charge in [0, 0.05) is 30.6 Å². The van der Waals surface area contributed by atoms with Crippen LogP contribution in [0.3, 0.4) is 0 Å². The molecule has 7 nitrogen and oxygen atoms in total. The summed E-state index contributed by atoms with van der Waals surface area (Å²) in [6.45, 7) is 0.975. The molecule has 3 aromatic rings. The number of hydrogen-bond acceptors (Lipinski definition) is 5. The first-order chi connectivity index (χ1) is 13.7. The van der Waals surface area contributed by atoms with Crippen LogP contribution in [-0.4, -0.2) is 35.8 Å². The number of nitrogens with one attached hydrogen (secondary N) is 1. The molecule has 4 rings (SSSR count). The van der Waals surface area contributed by atoms with E-state index in [1.807, 2.05) is 42.1 Å². The first-order valence-electron chi connectivity index (χ1n) is 8.98. The Balaban J connectivity index is 1.68. The molecule has 1 aliphatic rings. The Kier molecular flexibility index (Phi) is 4.89. The number of carbonyl (C=O) groups is 1. The number of aromatic nitrogens is 2. The molecular weight excluding hydrogens is 358 g/mol. The molecule has 1 aliphatic heterocycles. The van der Waals surface area contributed by atoms with E-state index in [0.717, 1.165) is 5.56 Å². The number of aryl methyl sites for hydroxylation is 1. The lowest BCUT2D eigenvalue weighted by atomic mass is 10.0. The summed E-state index contributed by atoms with van der Waals surface area (Å²) in [5.41, 5.74) is 1.31. The summed E-state index contributed by atoms with van der Waals surface area (Å²) in [4.78, 5) is 17.5. The molecule has 2 heterocycles. The number of carbonyl (C=O) groups excluding carboxylic acids is 1. The number of ether oxygens (including phenoxy) is 3. The zero-order valence-electron chi connectivity index (χ0n) is 15.7. The molecule has 7 heteroatoms. The maximum Gasteiger partial charge on any atom is 0.252 e. The fourth-order valence-corrected chi connectivity index (χ4v) is 3.24. The third kappa shape index (κ3) is 3.38. The Morgan fingerprint density at radius 2 is 1.96 bits per heavy atom. The average molecular weight is 379 g/mol.